The van der Waals surface area contributed by atoms with Gasteiger partial charge in [-0.2, -0.15) is 0 Å². The number of anilines is 1. The molecule has 0 radical (unpaired) electrons. The minimum absolute atomic E-state index is 0.208. The SMILES string of the molecule is NC(=O)c1cc(F)c(N2CCCC2)cc1F. The van der Waals surface area contributed by atoms with E-state index in [4.69, 9.17) is 5.73 Å². The topological polar surface area (TPSA) is 46.3 Å². The quantitative estimate of drug-likeness (QED) is 0.833. The zero-order valence-electron chi connectivity index (χ0n) is 8.67. The molecule has 2 rings (SSSR count). The van der Waals surface area contributed by atoms with Crippen LogP contribution in [0.3, 0.4) is 0 Å². The summed E-state index contributed by atoms with van der Waals surface area (Å²) in [6, 6.07) is 1.91. The van der Waals surface area contributed by atoms with Crippen molar-refractivity contribution in [2.75, 3.05) is 18.0 Å². The van der Waals surface area contributed by atoms with Gasteiger partial charge in [-0.1, -0.05) is 0 Å². The highest BCUT2D eigenvalue weighted by molar-refractivity contribution is 5.93. The molecule has 0 saturated carbocycles. The van der Waals surface area contributed by atoms with Crippen molar-refractivity contribution in [1.29, 1.82) is 0 Å². The Bertz CT molecular complexity index is 428. The zero-order valence-corrected chi connectivity index (χ0v) is 8.67. The van der Waals surface area contributed by atoms with E-state index in [-0.39, 0.29) is 5.69 Å². The van der Waals surface area contributed by atoms with Gasteiger partial charge < -0.3 is 10.6 Å². The van der Waals surface area contributed by atoms with E-state index in [0.717, 1.165) is 25.0 Å². The van der Waals surface area contributed by atoms with Crippen LogP contribution in [-0.4, -0.2) is 19.0 Å². The van der Waals surface area contributed by atoms with Crippen molar-refractivity contribution in [3.05, 3.63) is 29.3 Å². The third-order valence-corrected chi connectivity index (χ3v) is 2.75. The number of amides is 1. The molecular weight excluding hydrogens is 214 g/mol. The van der Waals surface area contributed by atoms with E-state index in [1.54, 1.807) is 4.90 Å². The van der Waals surface area contributed by atoms with Crippen molar-refractivity contribution in [2.45, 2.75) is 12.8 Å². The summed E-state index contributed by atoms with van der Waals surface area (Å²) in [5, 5.41) is 0. The van der Waals surface area contributed by atoms with Crippen LogP contribution >= 0.6 is 0 Å². The monoisotopic (exact) mass is 226 g/mol. The van der Waals surface area contributed by atoms with Crippen LogP contribution in [0.5, 0.6) is 0 Å². The second-order valence-corrected chi connectivity index (χ2v) is 3.84. The van der Waals surface area contributed by atoms with Gasteiger partial charge in [-0.3, -0.25) is 4.79 Å². The van der Waals surface area contributed by atoms with Crippen molar-refractivity contribution in [3.63, 3.8) is 0 Å². The number of carbonyl (C=O) groups is 1. The van der Waals surface area contributed by atoms with Gasteiger partial charge in [0.15, 0.2) is 0 Å². The molecule has 0 aliphatic carbocycles. The van der Waals surface area contributed by atoms with Crippen molar-refractivity contribution >= 4 is 11.6 Å². The van der Waals surface area contributed by atoms with Crippen molar-refractivity contribution in [2.24, 2.45) is 5.73 Å². The molecule has 0 spiro atoms. The molecule has 0 bridgehead atoms. The Morgan fingerprint density at radius 3 is 2.38 bits per heavy atom. The van der Waals surface area contributed by atoms with Crippen LogP contribution in [0.2, 0.25) is 0 Å². The van der Waals surface area contributed by atoms with E-state index in [2.05, 4.69) is 0 Å². The highest BCUT2D eigenvalue weighted by Crippen LogP contribution is 2.26. The number of benzene rings is 1. The maximum Gasteiger partial charge on any atom is 0.251 e. The molecule has 16 heavy (non-hydrogen) atoms. The molecule has 1 heterocycles. The summed E-state index contributed by atoms with van der Waals surface area (Å²) < 4.78 is 27.1. The largest absolute Gasteiger partial charge is 0.369 e. The van der Waals surface area contributed by atoms with Crippen LogP contribution in [-0.2, 0) is 0 Å². The van der Waals surface area contributed by atoms with Crippen molar-refractivity contribution < 1.29 is 13.6 Å². The summed E-state index contributed by atoms with van der Waals surface area (Å²) in [5.41, 5.74) is 4.73. The Morgan fingerprint density at radius 1 is 1.19 bits per heavy atom. The number of nitrogens with two attached hydrogens (primary N) is 1. The number of carbonyl (C=O) groups excluding carboxylic acids is 1. The molecule has 1 aliphatic heterocycles. The highest BCUT2D eigenvalue weighted by atomic mass is 19.1. The molecule has 2 N–H and O–H groups in total. The van der Waals surface area contributed by atoms with Gasteiger partial charge in [-0.15, -0.1) is 0 Å². The number of rotatable bonds is 2. The molecule has 1 aromatic rings. The number of nitrogens with zero attached hydrogens (tertiary/aromatic N) is 1. The van der Waals surface area contributed by atoms with Crippen LogP contribution in [0.25, 0.3) is 0 Å². The van der Waals surface area contributed by atoms with Crippen LogP contribution in [0.1, 0.15) is 23.2 Å². The molecule has 1 saturated heterocycles. The second-order valence-electron chi connectivity index (χ2n) is 3.84. The summed E-state index contributed by atoms with van der Waals surface area (Å²) in [6.45, 7) is 1.43. The molecular formula is C11H12F2N2O. The third kappa shape index (κ3) is 1.85. The minimum atomic E-state index is -0.954. The van der Waals surface area contributed by atoms with Crippen LogP contribution in [0, 0.1) is 11.6 Å². The first-order chi connectivity index (χ1) is 7.59. The van der Waals surface area contributed by atoms with Crippen LogP contribution in [0.15, 0.2) is 12.1 Å². The maximum absolute atomic E-state index is 13.6. The Hall–Kier alpha value is -1.65. The molecule has 86 valence electrons. The number of primary amides is 1. The molecule has 0 atom stereocenters. The molecule has 3 nitrogen and oxygen atoms in total. The Labute approximate surface area is 91.8 Å². The van der Waals surface area contributed by atoms with Gasteiger partial charge in [0, 0.05) is 19.2 Å². The average molecular weight is 226 g/mol. The van der Waals surface area contributed by atoms with Gasteiger partial charge in [-0.05, 0) is 18.9 Å². The summed E-state index contributed by atoms with van der Waals surface area (Å²) >= 11 is 0. The fraction of sp³-hybridized carbons (Fsp3) is 0.364. The van der Waals surface area contributed by atoms with E-state index in [1.807, 2.05) is 0 Å². The van der Waals surface area contributed by atoms with Gasteiger partial charge in [0.05, 0.1) is 11.3 Å². The summed E-state index contributed by atoms with van der Waals surface area (Å²) in [4.78, 5) is 12.6. The molecule has 1 fully saturated rings. The van der Waals surface area contributed by atoms with Gasteiger partial charge in [0.25, 0.3) is 5.91 Å². The van der Waals surface area contributed by atoms with E-state index < -0.39 is 23.1 Å². The maximum atomic E-state index is 13.6. The lowest BCUT2D eigenvalue weighted by atomic mass is 10.1. The van der Waals surface area contributed by atoms with E-state index in [1.165, 1.54) is 0 Å². The Kier molecular flexibility index (Phi) is 2.77. The van der Waals surface area contributed by atoms with Gasteiger partial charge in [-0.25, -0.2) is 8.78 Å². The lowest BCUT2D eigenvalue weighted by Gasteiger charge is -2.18. The van der Waals surface area contributed by atoms with Crippen molar-refractivity contribution in [1.82, 2.24) is 0 Å². The van der Waals surface area contributed by atoms with Gasteiger partial charge in [0.1, 0.15) is 11.6 Å². The second kappa shape index (κ2) is 4.08. The predicted octanol–water partition coefficient (Wildman–Crippen LogP) is 1.66. The molecule has 5 heteroatoms. The summed E-state index contributed by atoms with van der Waals surface area (Å²) in [5.74, 6) is -2.32. The van der Waals surface area contributed by atoms with E-state index in [9.17, 15) is 13.6 Å². The first-order valence-electron chi connectivity index (χ1n) is 5.13. The molecule has 1 aromatic carbocycles. The molecule has 0 unspecified atom stereocenters. The third-order valence-electron chi connectivity index (χ3n) is 2.75. The molecule has 1 amide bonds. The van der Waals surface area contributed by atoms with E-state index >= 15 is 0 Å². The standard InChI is InChI=1S/C11H12F2N2O/c12-8-6-10(15-3-1-2-4-15)9(13)5-7(8)11(14)16/h5-6H,1-4H2,(H2,14,16). The van der Waals surface area contributed by atoms with Gasteiger partial charge >= 0.3 is 0 Å². The first-order valence-corrected chi connectivity index (χ1v) is 5.13. The first kappa shape index (κ1) is 10.9. The summed E-state index contributed by atoms with van der Waals surface area (Å²) in [6.07, 6.45) is 1.94. The number of halogens is 2. The smallest absolute Gasteiger partial charge is 0.251 e. The number of hydrogen-bond acceptors (Lipinski definition) is 2. The van der Waals surface area contributed by atoms with Crippen LogP contribution in [0.4, 0.5) is 14.5 Å². The predicted molar refractivity (Wildman–Crippen MR) is 56.3 cm³/mol. The Morgan fingerprint density at radius 2 is 1.81 bits per heavy atom. The minimum Gasteiger partial charge on any atom is -0.369 e. The fourth-order valence-electron chi connectivity index (χ4n) is 1.93. The molecule has 0 aromatic heterocycles. The van der Waals surface area contributed by atoms with E-state index in [0.29, 0.717) is 13.1 Å². The lowest BCUT2D eigenvalue weighted by molar-refractivity contribution is 0.0996. The zero-order chi connectivity index (χ0) is 11.7. The highest BCUT2D eigenvalue weighted by Gasteiger charge is 2.20. The number of hydrogen-bond donors (Lipinski definition) is 1. The molecule has 1 aliphatic rings. The fourth-order valence-corrected chi connectivity index (χ4v) is 1.93. The van der Waals surface area contributed by atoms with Crippen molar-refractivity contribution in [3.8, 4) is 0 Å². The van der Waals surface area contributed by atoms with Gasteiger partial charge in [0.2, 0.25) is 0 Å². The normalized spacial score (nSPS) is 15.5. The lowest BCUT2D eigenvalue weighted by Crippen LogP contribution is -2.21. The Balaban J connectivity index is 2.40. The summed E-state index contributed by atoms with van der Waals surface area (Å²) in [7, 11) is 0. The van der Waals surface area contributed by atoms with Crippen LogP contribution < -0.4 is 10.6 Å². The average Bonchev–Trinajstić information content (AvgIpc) is 2.73.